The van der Waals surface area contributed by atoms with Crippen molar-refractivity contribution in [3.05, 3.63) is 247 Å². The van der Waals surface area contributed by atoms with Crippen LogP contribution in [0.2, 0.25) is 0 Å². The second kappa shape index (κ2) is 14.3. The van der Waals surface area contributed by atoms with Gasteiger partial charge in [-0.1, -0.05) is 176 Å². The second-order valence-electron chi connectivity index (χ2n) is 16.5. The minimum absolute atomic E-state index is 0.601. The third-order valence-electron chi connectivity index (χ3n) is 13.1. The summed E-state index contributed by atoms with van der Waals surface area (Å²) in [7, 11) is 0. The lowest BCUT2D eigenvalue weighted by Gasteiger charge is -2.45. The lowest BCUT2D eigenvalue weighted by Crippen LogP contribution is -2.36. The fourth-order valence-corrected chi connectivity index (χ4v) is 10.3. The van der Waals surface area contributed by atoms with Crippen LogP contribution in [0.5, 0.6) is 0 Å². The van der Waals surface area contributed by atoms with Gasteiger partial charge in [-0.25, -0.2) is 19.9 Å². The number of para-hydroxylation sites is 2. The maximum atomic E-state index is 5.55. The smallest absolute Gasteiger partial charge is 0.164 e. The maximum Gasteiger partial charge on any atom is 0.164 e. The number of benzene rings is 9. The Morgan fingerprint density at radius 1 is 0.312 bits per heavy atom. The van der Waals surface area contributed by atoms with E-state index in [-0.39, 0.29) is 0 Å². The predicted molar refractivity (Wildman–Crippen MR) is 260 cm³/mol. The minimum atomic E-state index is -0.601. The number of aromatic nitrogens is 4. The van der Waals surface area contributed by atoms with Crippen LogP contribution in [0, 0.1) is 0 Å². The number of anilines is 3. The molecule has 1 spiro atoms. The predicted octanol–water partition coefficient (Wildman–Crippen LogP) is 14.4. The highest BCUT2D eigenvalue weighted by Gasteiger charge is 2.51. The summed E-state index contributed by atoms with van der Waals surface area (Å²) in [6, 6.07) is 80.0. The van der Waals surface area contributed by atoms with E-state index < -0.39 is 5.41 Å². The molecule has 2 aromatic heterocycles. The Morgan fingerprint density at radius 3 is 1.42 bits per heavy atom. The molecular weight excluding hydrogens is 779 g/mol. The minimum Gasteiger partial charge on any atom is -0.310 e. The quantitative estimate of drug-likeness (QED) is 0.162. The zero-order valence-corrected chi connectivity index (χ0v) is 34.6. The van der Waals surface area contributed by atoms with Crippen molar-refractivity contribution < 1.29 is 0 Å². The van der Waals surface area contributed by atoms with Gasteiger partial charge in [-0.2, -0.15) is 0 Å². The lowest BCUT2D eigenvalue weighted by molar-refractivity contribution is 0.754. The zero-order chi connectivity index (χ0) is 42.2. The van der Waals surface area contributed by atoms with Crippen LogP contribution in [0.15, 0.2) is 224 Å². The lowest BCUT2D eigenvalue weighted by atomic mass is 9.64. The normalized spacial score (nSPS) is 13.1. The highest BCUT2D eigenvalue weighted by atomic mass is 15.2. The molecule has 1 aliphatic carbocycles. The van der Waals surface area contributed by atoms with E-state index in [4.69, 9.17) is 19.9 Å². The molecule has 0 N–H and O–H groups in total. The van der Waals surface area contributed by atoms with E-state index >= 15 is 0 Å². The summed E-state index contributed by atoms with van der Waals surface area (Å²) >= 11 is 0. The van der Waals surface area contributed by atoms with E-state index in [9.17, 15) is 0 Å². The van der Waals surface area contributed by atoms with Gasteiger partial charge in [0.15, 0.2) is 17.5 Å². The summed E-state index contributed by atoms with van der Waals surface area (Å²) in [5, 5.41) is 3.19. The highest BCUT2D eigenvalue weighted by Crippen LogP contribution is 2.64. The third-order valence-corrected chi connectivity index (χ3v) is 13.1. The topological polar surface area (TPSA) is 54.8 Å². The number of hydrogen-bond acceptors (Lipinski definition) is 5. The van der Waals surface area contributed by atoms with Gasteiger partial charge in [-0.3, -0.25) is 0 Å². The van der Waals surface area contributed by atoms with Crippen LogP contribution in [0.1, 0.15) is 22.3 Å². The van der Waals surface area contributed by atoms with Crippen molar-refractivity contribution in [2.75, 3.05) is 4.90 Å². The Labute approximate surface area is 370 Å². The van der Waals surface area contributed by atoms with E-state index in [0.29, 0.717) is 17.5 Å². The molecule has 0 radical (unpaired) electrons. The summed E-state index contributed by atoms with van der Waals surface area (Å²) in [5.74, 6) is 1.85. The van der Waals surface area contributed by atoms with E-state index in [0.717, 1.165) is 66.7 Å². The van der Waals surface area contributed by atoms with Gasteiger partial charge >= 0.3 is 0 Å². The first-order valence-electron chi connectivity index (χ1n) is 21.7. The monoisotopic (exact) mass is 815 g/mol. The molecule has 1 aliphatic heterocycles. The number of nitrogens with zero attached hydrogens (tertiary/aromatic N) is 5. The summed E-state index contributed by atoms with van der Waals surface area (Å²) in [6.07, 6.45) is 0. The highest BCUT2D eigenvalue weighted by molar-refractivity contribution is 6.14. The van der Waals surface area contributed by atoms with Crippen LogP contribution >= 0.6 is 0 Å². The summed E-state index contributed by atoms with van der Waals surface area (Å²) in [6.45, 7) is 0. The molecular formula is C59H37N5. The molecule has 0 saturated carbocycles. The Bertz CT molecular complexity index is 3510. The molecule has 0 fully saturated rings. The first-order chi connectivity index (χ1) is 31.7. The molecule has 2 aliphatic rings. The third kappa shape index (κ3) is 5.37. The number of fused-ring (bicyclic) bond motifs is 12. The van der Waals surface area contributed by atoms with Crippen LogP contribution in [0.25, 0.3) is 78.2 Å². The molecule has 5 nitrogen and oxygen atoms in total. The molecule has 5 heteroatoms. The van der Waals surface area contributed by atoms with Crippen LogP contribution in [-0.4, -0.2) is 19.9 Å². The average Bonchev–Trinajstić information content (AvgIpc) is 3.67. The van der Waals surface area contributed by atoms with Crippen molar-refractivity contribution in [3.8, 4) is 56.5 Å². The van der Waals surface area contributed by atoms with Gasteiger partial charge in [-0.05, 0) is 87.3 Å². The first-order valence-corrected chi connectivity index (χ1v) is 21.7. The van der Waals surface area contributed by atoms with Crippen LogP contribution < -0.4 is 4.90 Å². The zero-order valence-electron chi connectivity index (χ0n) is 34.6. The molecule has 0 bridgehead atoms. The second-order valence-corrected chi connectivity index (χ2v) is 16.5. The molecule has 11 aromatic rings. The van der Waals surface area contributed by atoms with Gasteiger partial charge in [0.05, 0.1) is 28.0 Å². The van der Waals surface area contributed by atoms with Gasteiger partial charge in [-0.15, -0.1) is 0 Å². The van der Waals surface area contributed by atoms with Crippen LogP contribution in [0.3, 0.4) is 0 Å². The summed E-state index contributed by atoms with van der Waals surface area (Å²) in [5.41, 5.74) is 16.0. The number of hydrogen-bond donors (Lipinski definition) is 0. The number of rotatable bonds is 5. The Hall–Kier alpha value is -8.54. The van der Waals surface area contributed by atoms with E-state index in [2.05, 4.69) is 169 Å². The fraction of sp³-hybridized carbons (Fsp3) is 0.0169. The molecule has 3 heterocycles. The van der Waals surface area contributed by atoms with Crippen molar-refractivity contribution >= 4 is 38.7 Å². The molecule has 0 atom stereocenters. The SMILES string of the molecule is c1ccc(-c2nc(-c3ccccc3)nc(-c3ccc4nc(-c5ccccc5)c5cc6c(cc5c4c3)N(c3ccccc3)c3ccccc3C63c4ccccc4-c4ccccc43)n2)cc1. The summed E-state index contributed by atoms with van der Waals surface area (Å²) < 4.78 is 0. The summed E-state index contributed by atoms with van der Waals surface area (Å²) in [4.78, 5) is 23.3. The average molecular weight is 816 g/mol. The van der Waals surface area contributed by atoms with Crippen molar-refractivity contribution in [3.63, 3.8) is 0 Å². The molecule has 9 aromatic carbocycles. The molecule has 13 rings (SSSR count). The fourth-order valence-electron chi connectivity index (χ4n) is 10.3. The van der Waals surface area contributed by atoms with Crippen LogP contribution in [0.4, 0.5) is 17.1 Å². The molecule has 0 unspecified atom stereocenters. The van der Waals surface area contributed by atoms with Crippen molar-refractivity contribution in [1.29, 1.82) is 0 Å². The Balaban J connectivity index is 1.15. The largest absolute Gasteiger partial charge is 0.310 e. The van der Waals surface area contributed by atoms with Crippen molar-refractivity contribution in [2.24, 2.45) is 0 Å². The molecule has 0 saturated heterocycles. The maximum absolute atomic E-state index is 5.55. The van der Waals surface area contributed by atoms with E-state index in [1.165, 1.54) is 33.4 Å². The molecule has 298 valence electrons. The van der Waals surface area contributed by atoms with Gasteiger partial charge in [0.25, 0.3) is 0 Å². The van der Waals surface area contributed by atoms with Gasteiger partial charge in [0, 0.05) is 38.7 Å². The van der Waals surface area contributed by atoms with E-state index in [1.807, 2.05) is 60.7 Å². The van der Waals surface area contributed by atoms with Gasteiger partial charge in [0.1, 0.15) is 0 Å². The van der Waals surface area contributed by atoms with Gasteiger partial charge < -0.3 is 4.90 Å². The van der Waals surface area contributed by atoms with Gasteiger partial charge in [0.2, 0.25) is 0 Å². The Kier molecular flexibility index (Phi) is 8.06. The standard InChI is InChI=1S/C59H37N5/c1-5-19-38(20-6-1)55-47-36-51-54(64(42-25-11-4-12-26-42)53-32-18-17-31-50(53)59(51)48-29-15-13-27-43(48)44-28-14-16-30-49(44)59)37-45(47)46-35-41(33-34-52(46)60-55)58-62-56(39-21-7-2-8-22-39)61-57(63-58)40-23-9-3-10-24-40/h1-37H. The first kappa shape index (κ1) is 36.1. The van der Waals surface area contributed by atoms with E-state index in [1.54, 1.807) is 0 Å². The Morgan fingerprint density at radius 2 is 0.812 bits per heavy atom. The molecule has 0 amide bonds. The van der Waals surface area contributed by atoms with Crippen LogP contribution in [-0.2, 0) is 5.41 Å². The number of pyridine rings is 1. The molecule has 64 heavy (non-hydrogen) atoms. The van der Waals surface area contributed by atoms with Crippen molar-refractivity contribution in [1.82, 2.24) is 19.9 Å². The van der Waals surface area contributed by atoms with Crippen molar-refractivity contribution in [2.45, 2.75) is 5.41 Å².